The van der Waals surface area contributed by atoms with E-state index < -0.39 is 0 Å². The van der Waals surface area contributed by atoms with Gasteiger partial charge >= 0.3 is 0 Å². The van der Waals surface area contributed by atoms with Crippen molar-refractivity contribution < 1.29 is 4.74 Å². The van der Waals surface area contributed by atoms with Gasteiger partial charge in [-0.05, 0) is 18.6 Å². The molecule has 1 aliphatic rings. The Bertz CT molecular complexity index is 348. The number of nitrogens with zero attached hydrogens (tertiary/aromatic N) is 2. The van der Waals surface area contributed by atoms with Crippen molar-refractivity contribution >= 4 is 11.5 Å². The molecule has 1 aliphatic heterocycles. The standard InChI is InChI=1S/C13H18N2O/c1-16-11-10-15-9-5-8-13(15)14-12-6-3-2-4-7-12/h2-4,6-7H,5,8-11H2,1H3. The lowest BCUT2D eigenvalue weighted by molar-refractivity contribution is 0.179. The van der Waals surface area contributed by atoms with Gasteiger partial charge in [0.25, 0.3) is 0 Å². The highest BCUT2D eigenvalue weighted by Gasteiger charge is 2.17. The smallest absolute Gasteiger partial charge is 0.105 e. The molecule has 86 valence electrons. The number of amidine groups is 1. The summed E-state index contributed by atoms with van der Waals surface area (Å²) in [5.74, 6) is 1.20. The topological polar surface area (TPSA) is 24.8 Å². The van der Waals surface area contributed by atoms with Gasteiger partial charge in [0.2, 0.25) is 0 Å². The average molecular weight is 218 g/mol. The fourth-order valence-corrected chi connectivity index (χ4v) is 1.94. The second-order valence-corrected chi connectivity index (χ2v) is 3.95. The monoisotopic (exact) mass is 218 g/mol. The Hall–Kier alpha value is -1.35. The maximum atomic E-state index is 5.11. The Kier molecular flexibility index (Phi) is 3.94. The zero-order valence-corrected chi connectivity index (χ0v) is 9.72. The Morgan fingerprint density at radius 2 is 2.12 bits per heavy atom. The van der Waals surface area contributed by atoms with E-state index in [9.17, 15) is 0 Å². The number of hydrogen-bond donors (Lipinski definition) is 0. The van der Waals surface area contributed by atoms with Crippen molar-refractivity contribution in [1.82, 2.24) is 4.90 Å². The molecule has 0 amide bonds. The van der Waals surface area contributed by atoms with E-state index in [4.69, 9.17) is 4.74 Å². The molecule has 1 fully saturated rings. The number of para-hydroxylation sites is 1. The minimum Gasteiger partial charge on any atom is -0.383 e. The molecule has 0 aliphatic carbocycles. The van der Waals surface area contributed by atoms with Crippen LogP contribution in [0.25, 0.3) is 0 Å². The van der Waals surface area contributed by atoms with Gasteiger partial charge in [0, 0.05) is 26.6 Å². The highest BCUT2D eigenvalue weighted by Crippen LogP contribution is 2.17. The second kappa shape index (κ2) is 5.66. The van der Waals surface area contributed by atoms with Crippen molar-refractivity contribution in [3.63, 3.8) is 0 Å². The van der Waals surface area contributed by atoms with Crippen molar-refractivity contribution in [2.45, 2.75) is 12.8 Å². The van der Waals surface area contributed by atoms with Gasteiger partial charge in [0.05, 0.1) is 12.3 Å². The number of methoxy groups -OCH3 is 1. The lowest BCUT2D eigenvalue weighted by atomic mass is 10.3. The van der Waals surface area contributed by atoms with Crippen molar-refractivity contribution in [3.05, 3.63) is 30.3 Å². The van der Waals surface area contributed by atoms with Gasteiger partial charge in [-0.3, -0.25) is 0 Å². The van der Waals surface area contributed by atoms with Gasteiger partial charge in [0.15, 0.2) is 0 Å². The molecule has 1 aromatic carbocycles. The molecule has 0 radical (unpaired) electrons. The molecule has 1 aromatic rings. The summed E-state index contributed by atoms with van der Waals surface area (Å²) < 4.78 is 5.11. The SMILES string of the molecule is COCCN1CCCC1=Nc1ccccc1. The van der Waals surface area contributed by atoms with Crippen molar-refractivity contribution in [2.75, 3.05) is 26.8 Å². The van der Waals surface area contributed by atoms with Gasteiger partial charge in [-0.2, -0.15) is 0 Å². The maximum absolute atomic E-state index is 5.11. The van der Waals surface area contributed by atoms with Gasteiger partial charge in [-0.1, -0.05) is 18.2 Å². The van der Waals surface area contributed by atoms with E-state index in [1.54, 1.807) is 7.11 Å². The number of ether oxygens (including phenoxy) is 1. The zero-order valence-electron chi connectivity index (χ0n) is 9.72. The minimum atomic E-state index is 0.772. The molecule has 0 unspecified atom stereocenters. The summed E-state index contributed by atoms with van der Waals surface area (Å²) in [6, 6.07) is 10.1. The first-order valence-corrected chi connectivity index (χ1v) is 5.76. The van der Waals surface area contributed by atoms with Crippen LogP contribution in [0.2, 0.25) is 0 Å². The number of rotatable bonds is 4. The van der Waals surface area contributed by atoms with Gasteiger partial charge in [-0.25, -0.2) is 4.99 Å². The average Bonchev–Trinajstić information content (AvgIpc) is 2.75. The van der Waals surface area contributed by atoms with Crippen molar-refractivity contribution in [3.8, 4) is 0 Å². The molecule has 16 heavy (non-hydrogen) atoms. The van der Waals surface area contributed by atoms with Crippen LogP contribution in [0.4, 0.5) is 5.69 Å². The normalized spacial score (nSPS) is 18.3. The fraction of sp³-hybridized carbons (Fsp3) is 0.462. The quantitative estimate of drug-likeness (QED) is 0.775. The molecule has 0 saturated carbocycles. The highest BCUT2D eigenvalue weighted by molar-refractivity contribution is 5.86. The Labute approximate surface area is 96.7 Å². The van der Waals surface area contributed by atoms with E-state index >= 15 is 0 Å². The second-order valence-electron chi connectivity index (χ2n) is 3.95. The molecular weight excluding hydrogens is 200 g/mol. The van der Waals surface area contributed by atoms with Crippen LogP contribution in [0.5, 0.6) is 0 Å². The van der Waals surface area contributed by atoms with Gasteiger partial charge < -0.3 is 9.64 Å². The van der Waals surface area contributed by atoms with Crippen LogP contribution in [0.1, 0.15) is 12.8 Å². The van der Waals surface area contributed by atoms with Crippen LogP contribution in [0, 0.1) is 0 Å². The van der Waals surface area contributed by atoms with E-state index in [1.165, 1.54) is 12.3 Å². The predicted molar refractivity (Wildman–Crippen MR) is 66.2 cm³/mol. The van der Waals surface area contributed by atoms with Crippen LogP contribution >= 0.6 is 0 Å². The van der Waals surface area contributed by atoms with Crippen molar-refractivity contribution in [2.24, 2.45) is 4.99 Å². The summed E-state index contributed by atoms with van der Waals surface area (Å²) in [6.45, 7) is 2.82. The van der Waals surface area contributed by atoms with Crippen LogP contribution in [0.3, 0.4) is 0 Å². The molecule has 3 nitrogen and oxygen atoms in total. The van der Waals surface area contributed by atoms with Crippen LogP contribution < -0.4 is 0 Å². The van der Waals surface area contributed by atoms with E-state index in [0.29, 0.717) is 0 Å². The lowest BCUT2D eigenvalue weighted by Crippen LogP contribution is -2.28. The summed E-state index contributed by atoms with van der Waals surface area (Å²) in [7, 11) is 1.74. The molecule has 0 spiro atoms. The number of aliphatic imine (C=N–C) groups is 1. The number of hydrogen-bond acceptors (Lipinski definition) is 2. The first-order chi connectivity index (χ1) is 7.90. The Morgan fingerprint density at radius 3 is 2.88 bits per heavy atom. The first-order valence-electron chi connectivity index (χ1n) is 5.76. The number of benzene rings is 1. The van der Waals surface area contributed by atoms with Crippen LogP contribution in [0.15, 0.2) is 35.3 Å². The lowest BCUT2D eigenvalue weighted by Gasteiger charge is -2.18. The third-order valence-electron chi connectivity index (χ3n) is 2.77. The molecule has 0 N–H and O–H groups in total. The third kappa shape index (κ3) is 2.83. The molecule has 0 aromatic heterocycles. The fourth-order valence-electron chi connectivity index (χ4n) is 1.94. The third-order valence-corrected chi connectivity index (χ3v) is 2.77. The maximum Gasteiger partial charge on any atom is 0.105 e. The van der Waals surface area contributed by atoms with Crippen molar-refractivity contribution in [1.29, 1.82) is 0 Å². The highest BCUT2D eigenvalue weighted by atomic mass is 16.5. The first kappa shape index (κ1) is 11.1. The molecule has 0 atom stereocenters. The molecule has 2 rings (SSSR count). The van der Waals surface area contributed by atoms with Gasteiger partial charge in [0.1, 0.15) is 5.84 Å². The molecule has 1 saturated heterocycles. The summed E-state index contributed by atoms with van der Waals surface area (Å²) in [6.07, 6.45) is 2.29. The predicted octanol–water partition coefficient (Wildman–Crippen LogP) is 2.46. The number of likely N-dealkylation sites (tertiary alicyclic amines) is 1. The molecule has 3 heteroatoms. The zero-order chi connectivity index (χ0) is 11.2. The van der Waals surface area contributed by atoms with Crippen LogP contribution in [-0.2, 0) is 4.74 Å². The van der Waals surface area contributed by atoms with E-state index in [0.717, 1.165) is 31.8 Å². The molecular formula is C13H18N2O. The van der Waals surface area contributed by atoms with Gasteiger partial charge in [-0.15, -0.1) is 0 Å². The minimum absolute atomic E-state index is 0.772. The summed E-state index contributed by atoms with van der Waals surface area (Å²) in [5, 5.41) is 0. The molecule has 1 heterocycles. The van der Waals surface area contributed by atoms with Crippen LogP contribution in [-0.4, -0.2) is 37.5 Å². The summed E-state index contributed by atoms with van der Waals surface area (Å²) >= 11 is 0. The Morgan fingerprint density at radius 1 is 1.31 bits per heavy atom. The molecule has 0 bridgehead atoms. The summed E-state index contributed by atoms with van der Waals surface area (Å²) in [4.78, 5) is 7.00. The Balaban J connectivity index is 2.04. The van der Waals surface area contributed by atoms with E-state index in [1.807, 2.05) is 30.3 Å². The van der Waals surface area contributed by atoms with E-state index in [-0.39, 0.29) is 0 Å². The van der Waals surface area contributed by atoms with E-state index in [2.05, 4.69) is 9.89 Å². The largest absolute Gasteiger partial charge is 0.383 e. The summed E-state index contributed by atoms with van der Waals surface area (Å²) in [5.41, 5.74) is 1.04.